The maximum absolute atomic E-state index is 15.5. The fraction of sp³-hybridized carbons (Fsp3) is 0.0737. The van der Waals surface area contributed by atoms with Gasteiger partial charge in [0.15, 0.2) is 0 Å². The molecule has 0 amide bonds. The minimum atomic E-state index is -1.69. The molecule has 0 aliphatic heterocycles. The first kappa shape index (κ1) is 93.3. The van der Waals surface area contributed by atoms with Crippen LogP contribution in [0.4, 0.5) is 52.7 Å². The van der Waals surface area contributed by atoms with Crippen LogP contribution in [0.2, 0.25) is 0 Å². The molecule has 0 fully saturated rings. The van der Waals surface area contributed by atoms with E-state index in [0.29, 0.717) is 11.1 Å². The van der Waals surface area contributed by atoms with Crippen LogP contribution in [0.1, 0.15) is 64.4 Å². The van der Waals surface area contributed by atoms with Crippen LogP contribution in [0.15, 0.2) is 274 Å². The van der Waals surface area contributed by atoms with E-state index in [4.69, 9.17) is 0 Å². The van der Waals surface area contributed by atoms with Crippen LogP contribution in [-0.2, 0) is 93.2 Å². The fourth-order valence-corrected chi connectivity index (χ4v) is 13.6. The standard InChI is InChI=1S/C33H16F6N4.C24H21N2.C23H12F6N4.C15H11N2.2Ir.2Pt/c34-21-15-25(23-11-13-29(36)42-31(23)38)40-27(17-21)33(19-7-3-1-4-8-19,20-9-5-2-6-10-20)28-18-22(35)16-26(41-28)24-12-14-30(37)43-32(24)39;1-17-12-13-22(21(14-17)20-10-5-4-6-11-20)26-16-25-15-23(26)24-18(2)8-7-9-19(24)3;1-23(2,17-9-11(24)7-15(30-17)13-3-5-19(26)32-21(13)28)18-10-12(25)8-16(31-18)14-4-6-20(27)33-22(14)29;1-2-6-13(7-3-1)14-8-4-5-9-15(14)17-11-10-16-12-17;;;;/h1-10,13-18H;4-5,7-16H,1-3H3;5-10H,1-2H3;1-2,4-12H;;;;/q-2;-1;-2;-1;;;2*+2. The topological polar surface area (TPSA) is 139 Å². The summed E-state index contributed by atoms with van der Waals surface area (Å²) in [6, 6.07) is 81.1. The van der Waals surface area contributed by atoms with Gasteiger partial charge in [-0.2, -0.15) is 60.7 Å². The summed E-state index contributed by atoms with van der Waals surface area (Å²) >= 11 is 0. The molecule has 10 heterocycles. The Morgan fingerprint density at radius 1 is 0.358 bits per heavy atom. The van der Waals surface area contributed by atoms with Crippen LogP contribution in [0.5, 0.6) is 0 Å². The Morgan fingerprint density at radius 3 is 1.15 bits per heavy atom. The van der Waals surface area contributed by atoms with Crippen molar-refractivity contribution < 1.29 is 135 Å². The van der Waals surface area contributed by atoms with E-state index in [1.54, 1.807) is 66.9 Å². The van der Waals surface area contributed by atoms with Crippen molar-refractivity contribution in [2.24, 2.45) is 0 Å². The van der Waals surface area contributed by atoms with E-state index >= 15 is 8.78 Å². The monoisotopic (exact) mass is 2370 g/mol. The van der Waals surface area contributed by atoms with E-state index < -0.39 is 92.8 Å². The molecule has 7 aromatic carbocycles. The van der Waals surface area contributed by atoms with Crippen molar-refractivity contribution in [1.29, 1.82) is 0 Å². The van der Waals surface area contributed by atoms with Gasteiger partial charge in [-0.1, -0.05) is 161 Å². The molecule has 10 aromatic heterocycles. The molecule has 0 unspecified atom stereocenters. The Hall–Kier alpha value is -12.0. The van der Waals surface area contributed by atoms with Crippen LogP contribution in [0.3, 0.4) is 0 Å². The molecule has 12 nitrogen and oxygen atoms in total. The number of halogens is 12. The Kier molecular flexibility index (Phi) is 31.3. The molecule has 624 valence electrons. The van der Waals surface area contributed by atoms with Crippen molar-refractivity contribution in [3.8, 4) is 89.9 Å². The van der Waals surface area contributed by atoms with Gasteiger partial charge in [-0.15, -0.1) is 35.4 Å². The number of hydrogen-bond acceptors (Lipinski definition) is 10. The quantitative estimate of drug-likeness (QED) is 0.0554. The fourth-order valence-electron chi connectivity index (χ4n) is 13.6. The van der Waals surface area contributed by atoms with Gasteiger partial charge in [-0.3, -0.25) is 44.4 Å². The first-order chi connectivity index (χ1) is 57.4. The number of rotatable bonds is 15. The number of para-hydroxylation sites is 1. The molecule has 123 heavy (non-hydrogen) atoms. The van der Waals surface area contributed by atoms with Gasteiger partial charge in [-0.05, 0) is 151 Å². The van der Waals surface area contributed by atoms with E-state index in [-0.39, 0.29) is 139 Å². The number of benzene rings is 7. The van der Waals surface area contributed by atoms with E-state index in [1.807, 2.05) is 78.1 Å². The van der Waals surface area contributed by atoms with Crippen molar-refractivity contribution >= 4 is 0 Å². The number of hydrogen-bond donors (Lipinski definition) is 0. The van der Waals surface area contributed by atoms with Gasteiger partial charge in [0.2, 0.25) is 0 Å². The van der Waals surface area contributed by atoms with E-state index in [1.165, 1.54) is 47.2 Å². The third-order valence-corrected chi connectivity index (χ3v) is 19.1. The van der Waals surface area contributed by atoms with Crippen molar-refractivity contribution in [2.45, 2.75) is 45.4 Å². The normalized spacial score (nSPS) is 10.9. The number of pyridine rings is 8. The second-order valence-electron chi connectivity index (χ2n) is 27.4. The minimum absolute atomic E-state index is 0. The predicted molar refractivity (Wildman–Crippen MR) is 424 cm³/mol. The van der Waals surface area contributed by atoms with Crippen LogP contribution in [0, 0.1) is 128 Å². The van der Waals surface area contributed by atoms with E-state index in [9.17, 15) is 43.9 Å². The molecule has 0 atom stereocenters. The van der Waals surface area contributed by atoms with Gasteiger partial charge in [0.1, 0.15) is 76.3 Å². The molecule has 0 bridgehead atoms. The zero-order valence-corrected chi connectivity index (χ0v) is 74.0. The maximum atomic E-state index is 15.5. The molecule has 28 heteroatoms. The first-order valence-corrected chi connectivity index (χ1v) is 36.4. The number of imidazole rings is 2. The summed E-state index contributed by atoms with van der Waals surface area (Å²) in [4.78, 5) is 38.6. The molecule has 0 aliphatic rings. The Morgan fingerprint density at radius 2 is 0.756 bits per heavy atom. The molecule has 0 saturated heterocycles. The Labute approximate surface area is 755 Å². The van der Waals surface area contributed by atoms with Gasteiger partial charge in [0.25, 0.3) is 0 Å². The molecular formula is C95H60F12Ir2N12Pt2-2. The summed E-state index contributed by atoms with van der Waals surface area (Å²) in [7, 11) is 0. The molecule has 17 rings (SSSR count). The van der Waals surface area contributed by atoms with Gasteiger partial charge >= 0.3 is 42.1 Å². The number of nitrogens with zero attached hydrogens (tertiary/aromatic N) is 12. The first-order valence-electron chi connectivity index (χ1n) is 36.4. The van der Waals surface area contributed by atoms with Gasteiger partial charge in [-0.25, -0.2) is 62.7 Å². The molecule has 2 radical (unpaired) electrons. The Bertz CT molecular complexity index is 6260. The Balaban J connectivity index is 0.000000177. The van der Waals surface area contributed by atoms with E-state index in [2.05, 4.69) is 172 Å². The molecule has 0 spiro atoms. The summed E-state index contributed by atoms with van der Waals surface area (Å²) < 4.78 is 175. The van der Waals surface area contributed by atoms with Crippen LogP contribution >= 0.6 is 0 Å². The molecule has 0 aliphatic carbocycles. The molecule has 17 aromatic rings. The summed E-state index contributed by atoms with van der Waals surface area (Å²) in [5, 5.41) is 0. The van der Waals surface area contributed by atoms with Crippen LogP contribution in [-0.4, -0.2) is 59.0 Å². The summed E-state index contributed by atoms with van der Waals surface area (Å²) in [6.45, 7) is 9.51. The number of aromatic nitrogens is 12. The van der Waals surface area contributed by atoms with Crippen LogP contribution in [0.25, 0.3) is 89.9 Å². The molecule has 0 N–H and O–H groups in total. The zero-order chi connectivity index (χ0) is 83.7. The van der Waals surface area contributed by atoms with Gasteiger partial charge < -0.3 is 4.57 Å². The van der Waals surface area contributed by atoms with Gasteiger partial charge in [0.05, 0.1) is 35.9 Å². The largest absolute Gasteiger partial charge is 2.00 e. The van der Waals surface area contributed by atoms with Gasteiger partial charge in [0, 0.05) is 86.3 Å². The molecule has 0 saturated carbocycles. The zero-order valence-electron chi connectivity index (χ0n) is 64.7. The average Bonchev–Trinajstić information content (AvgIpc) is 1.11. The maximum Gasteiger partial charge on any atom is 2.00 e. The number of aryl methyl sites for hydroxylation is 3. The van der Waals surface area contributed by atoms with Crippen molar-refractivity contribution in [3.05, 3.63) is 432 Å². The van der Waals surface area contributed by atoms with Crippen LogP contribution < -0.4 is 0 Å². The summed E-state index contributed by atoms with van der Waals surface area (Å²) in [5.41, 5.74) is 8.36. The second kappa shape index (κ2) is 41.2. The third-order valence-electron chi connectivity index (χ3n) is 19.1. The van der Waals surface area contributed by atoms with Crippen molar-refractivity contribution in [1.82, 2.24) is 59.0 Å². The van der Waals surface area contributed by atoms with Crippen molar-refractivity contribution in [2.75, 3.05) is 0 Å². The third kappa shape index (κ3) is 21.0. The van der Waals surface area contributed by atoms with Crippen molar-refractivity contribution in [3.63, 3.8) is 0 Å². The smallest absolute Gasteiger partial charge is 0.307 e. The predicted octanol–water partition coefficient (Wildman–Crippen LogP) is 22.0. The average molecular weight is 2370 g/mol. The summed E-state index contributed by atoms with van der Waals surface area (Å²) in [6.07, 6.45) is 9.41. The SMILES string of the molecule is CC(C)(c1cc(F)cc(-c2[c-]cc(F)nc2F)n1)c1cc(F)cc(-c2[c-]cc(F)nc2F)n1.Cc1ccc(-n2cncc2-c2c(C)cccc2C)c(-c2c[c-]ccc2)c1.Fc1cc(-c2[c-]cc(F)nc2F)nc(C(c2ccccc2)(c2ccccc2)c2cc(F)cc(-c3[c-]cc(F)nc3F)n2)c1.[Ir].[Ir].[Pt+2].[Pt+2].[c-]1cccc(-c2ccccc2-n2ccnc2)c1. The second-order valence-corrected chi connectivity index (χ2v) is 27.4. The summed E-state index contributed by atoms with van der Waals surface area (Å²) in [5.74, 6) is -12.8. The van der Waals surface area contributed by atoms with E-state index in [0.717, 1.165) is 101 Å². The molecular weight excluding hydrogens is 2310 g/mol. The minimum Gasteiger partial charge on any atom is -0.307 e.